The Hall–Kier alpha value is -5.09. The van der Waals surface area contributed by atoms with Gasteiger partial charge in [0.1, 0.15) is 37.1 Å². The summed E-state index contributed by atoms with van der Waals surface area (Å²) in [6.45, 7) is 11.6. The van der Waals surface area contributed by atoms with Gasteiger partial charge in [0, 0.05) is 12.1 Å². The van der Waals surface area contributed by atoms with Crippen LogP contribution in [0, 0.1) is 18.6 Å². The predicted octanol–water partition coefficient (Wildman–Crippen LogP) is 3.72. The number of rotatable bonds is 12. The van der Waals surface area contributed by atoms with Gasteiger partial charge in [-0.1, -0.05) is 50.6 Å². The number of epoxide rings is 1. The average Bonchev–Trinajstić information content (AvgIpc) is 4.11. The normalized spacial score (nSPS) is 17.5. The van der Waals surface area contributed by atoms with Crippen LogP contribution in [0.5, 0.6) is 0 Å². The maximum Gasteiger partial charge on any atom is 1.00 e. The van der Waals surface area contributed by atoms with Gasteiger partial charge in [-0.15, -0.1) is 0 Å². The van der Waals surface area contributed by atoms with Gasteiger partial charge < -0.3 is 40.5 Å². The first-order valence-electron chi connectivity index (χ1n) is 20.1. The van der Waals surface area contributed by atoms with Crippen molar-refractivity contribution in [2.75, 3.05) is 86.1 Å². The van der Waals surface area contributed by atoms with Crippen LogP contribution in [0.3, 0.4) is 0 Å². The summed E-state index contributed by atoms with van der Waals surface area (Å²) < 4.78 is 58.9. The smallest absolute Gasteiger partial charge is 0.463 e. The van der Waals surface area contributed by atoms with Gasteiger partial charge in [0.2, 0.25) is 0 Å². The molecule has 0 unspecified atom stereocenters. The largest absolute Gasteiger partial charge is 1.00 e. The number of hydrogen-bond donors (Lipinski definition) is 2. The number of halogens is 2. The van der Waals surface area contributed by atoms with Gasteiger partial charge >= 0.3 is 37.0 Å². The van der Waals surface area contributed by atoms with Gasteiger partial charge in [0.05, 0.1) is 88.8 Å². The van der Waals surface area contributed by atoms with E-state index in [0.717, 1.165) is 25.0 Å². The molecule has 3 aromatic rings. The van der Waals surface area contributed by atoms with Gasteiger partial charge in [-0.3, -0.25) is 25.0 Å². The van der Waals surface area contributed by atoms with E-state index in [1.165, 1.54) is 33.5 Å². The van der Waals surface area contributed by atoms with Crippen LogP contribution in [0.25, 0.3) is 0 Å². The maximum atomic E-state index is 14.3. The van der Waals surface area contributed by atoms with Crippen molar-refractivity contribution in [3.63, 3.8) is 0 Å². The zero-order valence-corrected chi connectivity index (χ0v) is 35.6. The number of unbranched alkanes of at least 4 members (excludes halogenated alkanes) is 1. The van der Waals surface area contributed by atoms with Gasteiger partial charge in [-0.25, -0.2) is 18.4 Å². The summed E-state index contributed by atoms with van der Waals surface area (Å²) in [5.41, 5.74) is 2.22. The first-order chi connectivity index (χ1) is 29.6. The molecule has 3 aromatic carbocycles. The van der Waals surface area contributed by atoms with E-state index in [-0.39, 0.29) is 50.7 Å². The predicted molar refractivity (Wildman–Crippen MR) is 227 cm³/mol. The maximum absolute atomic E-state index is 14.3. The second-order valence-corrected chi connectivity index (χ2v) is 13.5. The number of hydrogen-bond acceptors (Lipinski definition) is 14. The molecule has 2 fully saturated rings. The number of nitrogens with one attached hydrogen (secondary N) is 1. The first kappa shape index (κ1) is 51.3. The minimum absolute atomic E-state index is 0. The molecular weight excluding hydrogens is 805 g/mol. The molecule has 62 heavy (non-hydrogen) atoms. The first-order valence-corrected chi connectivity index (χ1v) is 20.1. The minimum atomic E-state index is -0.641. The third-order valence-corrected chi connectivity index (χ3v) is 8.65. The number of anilines is 4. The summed E-state index contributed by atoms with van der Waals surface area (Å²) in [6, 6.07) is 18.2. The van der Waals surface area contributed by atoms with Crippen molar-refractivity contribution in [1.29, 1.82) is 0 Å². The number of ether oxygens (including phenoxy) is 6. The summed E-state index contributed by atoms with van der Waals surface area (Å²) in [5, 5.41) is 22.9. The topological polar surface area (TPSA) is 177 Å². The Labute approximate surface area is 373 Å². The van der Waals surface area contributed by atoms with E-state index in [1.807, 2.05) is 37.3 Å². The Morgan fingerprint density at radius 3 is 2.03 bits per heavy atom. The number of carbonyl (C=O) groups excluding carboxylic acids is 3. The van der Waals surface area contributed by atoms with Crippen LogP contribution in [-0.2, 0) is 39.8 Å². The van der Waals surface area contributed by atoms with Crippen LogP contribution in [0.2, 0.25) is 0 Å². The number of carbonyl (C=O) groups is 3. The zero-order valence-electron chi connectivity index (χ0n) is 35.6. The molecule has 4 heterocycles. The zero-order chi connectivity index (χ0) is 43.8. The summed E-state index contributed by atoms with van der Waals surface area (Å²) in [6.07, 6.45) is 5.19. The fourth-order valence-electron chi connectivity index (χ4n) is 5.32. The van der Waals surface area contributed by atoms with Crippen LogP contribution < -0.4 is 39.1 Å². The molecule has 332 valence electrons. The number of benzene rings is 3. The van der Waals surface area contributed by atoms with Gasteiger partial charge in [-0.05, 0) is 48.4 Å². The summed E-state index contributed by atoms with van der Waals surface area (Å²) in [4.78, 5) is 35.5. The van der Waals surface area contributed by atoms with Crippen molar-refractivity contribution in [2.24, 2.45) is 10.2 Å². The second-order valence-electron chi connectivity index (χ2n) is 13.5. The summed E-state index contributed by atoms with van der Waals surface area (Å²) >= 11 is 0. The van der Waals surface area contributed by atoms with Crippen LogP contribution >= 0.6 is 0 Å². The molecule has 0 radical (unpaired) electrons. The van der Waals surface area contributed by atoms with Crippen molar-refractivity contribution in [3.8, 4) is 0 Å². The molecule has 4 aliphatic rings. The van der Waals surface area contributed by atoms with Crippen molar-refractivity contribution < 1.29 is 75.6 Å². The minimum Gasteiger partial charge on any atom is -0.463 e. The number of nitrogens with zero attached hydrogens (tertiary/aromatic N) is 5. The molecule has 2 saturated heterocycles. The van der Waals surface area contributed by atoms with Crippen LogP contribution in [-0.4, -0.2) is 114 Å². The summed E-state index contributed by atoms with van der Waals surface area (Å²) in [5.74, 6) is -1.09. The van der Waals surface area contributed by atoms with Gasteiger partial charge in [0.15, 0.2) is 0 Å². The van der Waals surface area contributed by atoms with E-state index in [4.69, 9.17) is 33.5 Å². The number of esters is 1. The van der Waals surface area contributed by atoms with E-state index < -0.39 is 29.9 Å². The molecule has 0 bridgehead atoms. The number of hydrazone groups is 2. The Balaban J connectivity index is 0.000000252. The fraction of sp³-hybridized carbons (Fsp3) is 0.442. The quantitative estimate of drug-likeness (QED) is 0.0890. The van der Waals surface area contributed by atoms with Crippen LogP contribution in [0.1, 0.15) is 45.1 Å². The Morgan fingerprint density at radius 2 is 1.50 bits per heavy atom. The summed E-state index contributed by atoms with van der Waals surface area (Å²) in [7, 11) is 0. The van der Waals surface area contributed by atoms with Gasteiger partial charge in [-0.2, -0.15) is 16.6 Å². The molecule has 2 N–H and O–H groups in total. The van der Waals surface area contributed by atoms with Gasteiger partial charge in [0.25, 0.3) is 0 Å². The number of aliphatic hydroxyl groups is 1. The molecule has 2 atom stereocenters. The number of cyclic esters (lactones) is 1. The third kappa shape index (κ3) is 18.1. The van der Waals surface area contributed by atoms with E-state index in [0.29, 0.717) is 75.3 Å². The molecule has 4 aliphatic heterocycles. The van der Waals surface area contributed by atoms with E-state index in [9.17, 15) is 23.2 Å². The van der Waals surface area contributed by atoms with Crippen molar-refractivity contribution in [1.82, 2.24) is 0 Å². The molecular formula is C43H55F2LiN6O10. The molecule has 0 spiro atoms. The Morgan fingerprint density at radius 1 is 0.887 bits per heavy atom. The average molecular weight is 861 g/mol. The third-order valence-electron chi connectivity index (χ3n) is 8.65. The molecule has 0 saturated carbocycles. The molecule has 7 rings (SSSR count). The molecule has 0 aromatic heterocycles. The molecule has 16 nitrogen and oxygen atoms in total. The van der Waals surface area contributed by atoms with Crippen LogP contribution in [0.15, 0.2) is 76.9 Å². The SMILES string of the molecule is CCCC(=O)OC[C@H]1CO1.O=C(Nc1ccc(N2CCOCC=N2)c(F)c1)OCc1ccccc1.O=C1O[C@@H](CO)CN1c1ccc(N2CCOCC=N2)c(F)c1.[CH2-]CCC.[Li+]. The molecule has 19 heteroatoms. The van der Waals surface area contributed by atoms with Crippen LogP contribution in [0.4, 0.5) is 41.1 Å². The second kappa shape index (κ2) is 28.5. The standard InChI is InChI=1S/C18H18FN3O3.C14H16FN3O4.C7H12O3.C4H9.Li/c19-16-12-15(6-7-17(16)22-9-11-24-10-8-20-22)21-18(23)25-13-14-4-2-1-3-5-14;15-12-7-10(17-8-11(9-19)22-14(17)20)1-2-13(12)18-4-6-21-5-3-16-18;1-2-3-7(8)10-5-6-4-9-6;1-3-4-2;/h1-8,12H,9-11,13H2,(H,21,23);1-3,7,11,19H,4-6,8-9H2;6H,2-5H2,1H3;1,3-4H2,2H3;/q;;;-1;+1/t;11-;6-;;/m.11../s1. The molecule has 0 aliphatic carbocycles. The Bertz CT molecular complexity index is 1880. The monoisotopic (exact) mass is 860 g/mol. The van der Waals surface area contributed by atoms with E-state index in [2.05, 4.69) is 29.4 Å². The number of aliphatic hydroxyl groups excluding tert-OH is 1. The van der Waals surface area contributed by atoms with E-state index in [1.54, 1.807) is 36.7 Å². The molecule has 2 amide bonds. The fourth-order valence-corrected chi connectivity index (χ4v) is 5.32. The van der Waals surface area contributed by atoms with Crippen molar-refractivity contribution >= 4 is 53.3 Å². The van der Waals surface area contributed by atoms with Crippen molar-refractivity contribution in [2.45, 2.75) is 58.3 Å². The van der Waals surface area contributed by atoms with Crippen molar-refractivity contribution in [3.05, 3.63) is 90.9 Å². The van der Waals surface area contributed by atoms with E-state index >= 15 is 0 Å². The number of amides is 2. The Kier molecular flexibility index (Phi) is 23.6.